The third kappa shape index (κ3) is 8.16. The van der Waals surface area contributed by atoms with Crippen LogP contribution >= 0.6 is 0 Å². The Kier molecular flexibility index (Phi) is 11.4. The molecular formula is C49H54N8O4. The van der Waals surface area contributed by atoms with Gasteiger partial charge in [0.2, 0.25) is 11.8 Å². The highest BCUT2D eigenvalue weighted by atomic mass is 16.5. The number of amides is 3. The second-order valence-electron chi connectivity index (χ2n) is 17.0. The zero-order chi connectivity index (χ0) is 42.0. The summed E-state index contributed by atoms with van der Waals surface area (Å²) in [5, 5.41) is 4.95. The van der Waals surface area contributed by atoms with Gasteiger partial charge in [0.15, 0.2) is 0 Å². The molecule has 3 saturated heterocycles. The average Bonchev–Trinajstić information content (AvgIpc) is 4.15. The average molecular weight is 819 g/mol. The van der Waals surface area contributed by atoms with Crippen molar-refractivity contribution in [2.45, 2.75) is 76.5 Å². The van der Waals surface area contributed by atoms with Crippen molar-refractivity contribution in [2.75, 3.05) is 33.3 Å². The number of rotatable bonds is 11. The molecule has 3 aliphatic rings. The highest BCUT2D eigenvalue weighted by molar-refractivity contribution is 5.91. The van der Waals surface area contributed by atoms with Crippen molar-refractivity contribution >= 4 is 28.7 Å². The van der Waals surface area contributed by atoms with Gasteiger partial charge >= 0.3 is 6.09 Å². The number of hydrogen-bond donors (Lipinski definition) is 3. The third-order valence-electron chi connectivity index (χ3n) is 12.8. The molecule has 4 aromatic carbocycles. The fourth-order valence-corrected chi connectivity index (χ4v) is 9.55. The maximum Gasteiger partial charge on any atom is 0.407 e. The second-order valence-corrected chi connectivity index (χ2v) is 17.0. The van der Waals surface area contributed by atoms with Gasteiger partial charge in [0, 0.05) is 18.7 Å². The fourth-order valence-electron chi connectivity index (χ4n) is 9.55. The van der Waals surface area contributed by atoms with Crippen molar-refractivity contribution in [3.05, 3.63) is 121 Å². The van der Waals surface area contributed by atoms with Gasteiger partial charge in [-0.25, -0.2) is 14.8 Å². The van der Waals surface area contributed by atoms with Gasteiger partial charge < -0.3 is 29.8 Å². The highest BCUT2D eigenvalue weighted by Gasteiger charge is 2.40. The van der Waals surface area contributed by atoms with Crippen LogP contribution in [0, 0.1) is 5.92 Å². The zero-order valence-electron chi connectivity index (χ0n) is 35.1. The van der Waals surface area contributed by atoms with Crippen molar-refractivity contribution in [2.24, 2.45) is 5.92 Å². The largest absolute Gasteiger partial charge is 0.453 e. The Bertz CT molecular complexity index is 2510. The molecule has 5 heterocycles. The molecule has 0 aliphatic carbocycles. The summed E-state index contributed by atoms with van der Waals surface area (Å²) in [7, 11) is 1.30. The number of fused-ring (bicyclic) bond motifs is 1. The highest BCUT2D eigenvalue weighted by Crippen LogP contribution is 2.38. The minimum atomic E-state index is -0.679. The van der Waals surface area contributed by atoms with Crippen molar-refractivity contribution < 1.29 is 19.1 Å². The molecule has 2 aromatic heterocycles. The van der Waals surface area contributed by atoms with Gasteiger partial charge in [-0.05, 0) is 103 Å². The van der Waals surface area contributed by atoms with Gasteiger partial charge in [0.25, 0.3) is 0 Å². The summed E-state index contributed by atoms with van der Waals surface area (Å²) >= 11 is 0. The van der Waals surface area contributed by atoms with Crippen LogP contribution in [0.1, 0.15) is 87.7 Å². The number of benzene rings is 4. The Morgan fingerprint density at radius 2 is 1.20 bits per heavy atom. The monoisotopic (exact) mass is 818 g/mol. The lowest BCUT2D eigenvalue weighted by Gasteiger charge is -2.33. The van der Waals surface area contributed by atoms with E-state index >= 15 is 0 Å². The molecule has 314 valence electrons. The molecule has 0 unspecified atom stereocenters. The van der Waals surface area contributed by atoms with Crippen LogP contribution < -0.4 is 5.32 Å². The molecule has 6 aromatic rings. The number of likely N-dealkylation sites (tertiary alicyclic amines) is 3. The number of H-pyrrole nitrogens is 2. The summed E-state index contributed by atoms with van der Waals surface area (Å²) in [5.41, 5.74) is 7.19. The van der Waals surface area contributed by atoms with Crippen molar-refractivity contribution in [3.63, 3.8) is 0 Å². The van der Waals surface area contributed by atoms with Crippen LogP contribution in [0.4, 0.5) is 4.79 Å². The lowest BCUT2D eigenvalue weighted by molar-refractivity contribution is -0.138. The number of carbonyl (C=O) groups is 3. The minimum absolute atomic E-state index is 0.0723. The number of nitrogens with one attached hydrogen (secondary N) is 3. The number of aromatic amines is 2. The Morgan fingerprint density at radius 1 is 0.656 bits per heavy atom. The van der Waals surface area contributed by atoms with E-state index in [2.05, 4.69) is 97.9 Å². The number of hydrogen-bond acceptors (Lipinski definition) is 7. The quantitative estimate of drug-likeness (QED) is 0.119. The Morgan fingerprint density at radius 3 is 1.80 bits per heavy atom. The van der Waals surface area contributed by atoms with Gasteiger partial charge in [-0.15, -0.1) is 0 Å². The van der Waals surface area contributed by atoms with Gasteiger partial charge in [-0.1, -0.05) is 92.7 Å². The van der Waals surface area contributed by atoms with Crippen LogP contribution in [0.5, 0.6) is 0 Å². The number of carbonyl (C=O) groups excluding carboxylic acids is 3. The van der Waals surface area contributed by atoms with Gasteiger partial charge in [-0.3, -0.25) is 14.5 Å². The van der Waals surface area contributed by atoms with E-state index in [1.54, 1.807) is 0 Å². The molecule has 3 amide bonds. The number of alkyl carbamates (subject to hydrolysis) is 1. The second kappa shape index (κ2) is 17.4. The first-order valence-electron chi connectivity index (χ1n) is 21.7. The predicted octanol–water partition coefficient (Wildman–Crippen LogP) is 8.83. The maximum atomic E-state index is 14.3. The molecule has 0 spiro atoms. The molecule has 3 fully saturated rings. The maximum absolute atomic E-state index is 14.3. The van der Waals surface area contributed by atoms with Gasteiger partial charge in [0.05, 0.1) is 43.0 Å². The van der Waals surface area contributed by atoms with E-state index < -0.39 is 12.1 Å². The molecular weight excluding hydrogens is 765 g/mol. The number of imidazole rings is 2. The number of ether oxygens (including phenoxy) is 1. The third-order valence-corrected chi connectivity index (χ3v) is 12.8. The first kappa shape index (κ1) is 40.2. The molecule has 61 heavy (non-hydrogen) atoms. The predicted molar refractivity (Wildman–Crippen MR) is 236 cm³/mol. The van der Waals surface area contributed by atoms with Crippen LogP contribution in [0.25, 0.3) is 44.4 Å². The van der Waals surface area contributed by atoms with Crippen LogP contribution in [-0.4, -0.2) is 91.9 Å². The first-order valence-corrected chi connectivity index (χ1v) is 21.7. The SMILES string of the molecule is COC(=O)N[C@H](C(=O)N1CCC[C@H]1c1ncc(-c2ccc3cc(-c4ccc(-c5cnc([C@@H]6CCCN6C(=O)[C@@H](c6ccccc6)N6CCCC6)[nH]5)cc4)ccc3c2)[nH]1)C(C)C. The molecule has 0 bridgehead atoms. The summed E-state index contributed by atoms with van der Waals surface area (Å²) < 4.78 is 4.78. The standard InChI is InChI=1S/C49H54N8O4/c1-31(2)43(54-49(60)61-3)47(58)56-25-9-13-41(56)45-51-30-40(53-45)38-22-21-36-27-35(19-20-37(36)28-38)32-15-17-33(18-16-32)39-29-50-46(52-39)42-14-10-26-57(42)48(59)44(55-23-7-8-24-55)34-11-5-4-6-12-34/h4-6,11-12,15-22,27-31,41-44H,7-10,13-14,23-26H2,1-3H3,(H,50,52)(H,51,53)(H,54,60)/t41-,42-,43-,44+/m0/s1. The Balaban J connectivity index is 0.873. The van der Waals surface area contributed by atoms with E-state index in [9.17, 15) is 14.4 Å². The number of nitrogens with zero attached hydrogens (tertiary/aromatic N) is 5. The van der Waals surface area contributed by atoms with E-state index in [1.165, 1.54) is 7.11 Å². The minimum Gasteiger partial charge on any atom is -0.453 e. The molecule has 12 nitrogen and oxygen atoms in total. The molecule has 9 rings (SSSR count). The van der Waals surface area contributed by atoms with Crippen molar-refractivity contribution in [1.29, 1.82) is 0 Å². The van der Waals surface area contributed by atoms with Crippen LogP contribution in [0.3, 0.4) is 0 Å². The lowest BCUT2D eigenvalue weighted by atomic mass is 9.98. The summed E-state index contributed by atoms with van der Waals surface area (Å²) in [6.07, 6.45) is 8.88. The molecule has 0 radical (unpaired) electrons. The number of methoxy groups -OCH3 is 1. The Hall–Kier alpha value is -6.27. The normalized spacial score (nSPS) is 19.1. The van der Waals surface area contributed by atoms with Crippen molar-refractivity contribution in [3.8, 4) is 33.6 Å². The molecule has 0 saturated carbocycles. The first-order chi connectivity index (χ1) is 29.7. The van der Waals surface area contributed by atoms with Gasteiger partial charge in [-0.2, -0.15) is 0 Å². The van der Waals surface area contributed by atoms with Crippen LogP contribution in [0.2, 0.25) is 0 Å². The molecule has 4 atom stereocenters. The summed E-state index contributed by atoms with van der Waals surface area (Å²) in [4.78, 5) is 62.8. The summed E-state index contributed by atoms with van der Waals surface area (Å²) in [6.45, 7) is 7.07. The van der Waals surface area contributed by atoms with Crippen LogP contribution in [-0.2, 0) is 14.3 Å². The van der Waals surface area contributed by atoms with Crippen LogP contribution in [0.15, 0.2) is 103 Å². The fraction of sp³-hybridized carbons (Fsp3) is 0.367. The van der Waals surface area contributed by atoms with Gasteiger partial charge in [0.1, 0.15) is 23.7 Å². The summed E-state index contributed by atoms with van der Waals surface area (Å²) in [6, 6.07) is 30.5. The number of aromatic nitrogens is 4. The summed E-state index contributed by atoms with van der Waals surface area (Å²) in [5.74, 6) is 1.54. The lowest BCUT2D eigenvalue weighted by Crippen LogP contribution is -2.51. The van der Waals surface area contributed by atoms with E-state index in [-0.39, 0.29) is 35.9 Å². The van der Waals surface area contributed by atoms with Crippen molar-refractivity contribution in [1.82, 2.24) is 40.0 Å². The topological polar surface area (TPSA) is 140 Å². The molecule has 12 heteroatoms. The van der Waals surface area contributed by atoms with E-state index in [4.69, 9.17) is 14.7 Å². The van der Waals surface area contributed by atoms with E-state index in [0.717, 1.165) is 120 Å². The smallest absolute Gasteiger partial charge is 0.407 e. The Labute approximate surface area is 356 Å². The van der Waals surface area contributed by atoms with E-state index in [0.29, 0.717) is 6.54 Å². The molecule has 3 aliphatic heterocycles. The zero-order valence-corrected chi connectivity index (χ0v) is 35.1. The molecule has 3 N–H and O–H groups in total. The van der Waals surface area contributed by atoms with E-state index in [1.807, 2.05) is 49.3 Å².